The van der Waals surface area contributed by atoms with Gasteiger partial charge in [-0.1, -0.05) is 49.6 Å². The molecule has 0 atom stereocenters. The molecule has 1 aliphatic heterocycles. The topological polar surface area (TPSA) is 58.4 Å². The van der Waals surface area contributed by atoms with E-state index in [0.717, 1.165) is 82.4 Å². The van der Waals surface area contributed by atoms with Crippen LogP contribution in [0, 0.1) is 11.8 Å². The van der Waals surface area contributed by atoms with Crippen LogP contribution in [0.5, 0.6) is 0 Å². The van der Waals surface area contributed by atoms with Crippen molar-refractivity contribution in [3.8, 4) is 0 Å². The molecule has 1 aromatic carbocycles. The van der Waals surface area contributed by atoms with Crippen LogP contribution in [0.15, 0.2) is 30.3 Å². The summed E-state index contributed by atoms with van der Waals surface area (Å²) in [6.07, 6.45) is 11.8. The third-order valence-electron chi connectivity index (χ3n) is 8.42. The fourth-order valence-electron chi connectivity index (χ4n) is 6.39. The number of aryl methyl sites for hydroxylation is 2. The van der Waals surface area contributed by atoms with Crippen LogP contribution in [0.25, 0.3) is 0 Å². The van der Waals surface area contributed by atoms with E-state index in [1.807, 2.05) is 42.1 Å². The molecular formula is C29H40N4O2. The first-order valence-corrected chi connectivity index (χ1v) is 13.8. The maximum atomic E-state index is 13.8. The van der Waals surface area contributed by atoms with Crippen molar-refractivity contribution in [2.75, 3.05) is 31.1 Å². The van der Waals surface area contributed by atoms with Gasteiger partial charge < -0.3 is 4.90 Å². The molecule has 1 amide bonds. The van der Waals surface area contributed by atoms with Gasteiger partial charge in [0.25, 0.3) is 0 Å². The van der Waals surface area contributed by atoms with Gasteiger partial charge in [0.15, 0.2) is 5.78 Å². The smallest absolute Gasteiger partial charge is 0.231 e. The van der Waals surface area contributed by atoms with Gasteiger partial charge in [0.1, 0.15) is 5.82 Å². The van der Waals surface area contributed by atoms with Gasteiger partial charge in [-0.25, -0.2) is 0 Å². The maximum Gasteiger partial charge on any atom is 0.231 e. The van der Waals surface area contributed by atoms with Gasteiger partial charge in [0.2, 0.25) is 5.91 Å². The third kappa shape index (κ3) is 5.37. The Morgan fingerprint density at radius 1 is 0.914 bits per heavy atom. The summed E-state index contributed by atoms with van der Waals surface area (Å²) in [4.78, 5) is 31.2. The van der Waals surface area contributed by atoms with E-state index in [2.05, 4.69) is 9.80 Å². The predicted molar refractivity (Wildman–Crippen MR) is 139 cm³/mol. The number of rotatable bonds is 7. The molecule has 2 heterocycles. The SMILES string of the molecule is Cn1nc2c(c1N(CCN1CCC(C(=O)c3ccccc3)CC1)C(=O)C1CCCCC1)CCCC2. The number of piperidine rings is 1. The Kier molecular flexibility index (Phi) is 7.66. The molecule has 1 saturated carbocycles. The lowest BCUT2D eigenvalue weighted by atomic mass is 9.88. The molecule has 0 N–H and O–H groups in total. The van der Waals surface area contributed by atoms with Gasteiger partial charge in [0, 0.05) is 43.1 Å². The number of carbonyl (C=O) groups is 2. The second kappa shape index (κ2) is 11.1. The van der Waals surface area contributed by atoms with Gasteiger partial charge >= 0.3 is 0 Å². The molecule has 2 fully saturated rings. The fraction of sp³-hybridized carbons (Fsp3) is 0.621. The number of fused-ring (bicyclic) bond motifs is 1. The van der Waals surface area contributed by atoms with Crippen LogP contribution in [0.3, 0.4) is 0 Å². The zero-order valence-electron chi connectivity index (χ0n) is 21.3. The van der Waals surface area contributed by atoms with Gasteiger partial charge in [-0.3, -0.25) is 19.2 Å². The summed E-state index contributed by atoms with van der Waals surface area (Å²) in [6, 6.07) is 9.70. The van der Waals surface area contributed by atoms with Crippen molar-refractivity contribution in [1.82, 2.24) is 14.7 Å². The summed E-state index contributed by atoms with van der Waals surface area (Å²) in [5, 5.41) is 4.82. The largest absolute Gasteiger partial charge is 0.302 e. The van der Waals surface area contributed by atoms with Crippen molar-refractivity contribution >= 4 is 17.5 Å². The van der Waals surface area contributed by atoms with Crippen LogP contribution < -0.4 is 4.90 Å². The highest BCUT2D eigenvalue weighted by atomic mass is 16.2. The minimum atomic E-state index is 0.109. The van der Waals surface area contributed by atoms with Gasteiger partial charge in [-0.2, -0.15) is 5.10 Å². The number of Topliss-reactive ketones (excluding diaryl/α,β-unsaturated/α-hetero) is 1. The summed E-state index contributed by atoms with van der Waals surface area (Å²) in [5.41, 5.74) is 3.32. The summed E-state index contributed by atoms with van der Waals surface area (Å²) in [6.45, 7) is 3.39. The average Bonchev–Trinajstić information content (AvgIpc) is 3.25. The first-order valence-electron chi connectivity index (χ1n) is 13.8. The molecule has 5 rings (SSSR count). The van der Waals surface area contributed by atoms with Crippen LogP contribution in [-0.4, -0.2) is 52.5 Å². The van der Waals surface area contributed by atoms with Crippen LogP contribution in [0.4, 0.5) is 5.82 Å². The van der Waals surface area contributed by atoms with Crippen molar-refractivity contribution < 1.29 is 9.59 Å². The second-order valence-electron chi connectivity index (χ2n) is 10.8. The van der Waals surface area contributed by atoms with E-state index in [4.69, 9.17) is 5.10 Å². The molecule has 2 aliphatic carbocycles. The van der Waals surface area contributed by atoms with Crippen molar-refractivity contribution in [3.05, 3.63) is 47.2 Å². The fourth-order valence-corrected chi connectivity index (χ4v) is 6.39. The van der Waals surface area contributed by atoms with Gasteiger partial charge in [0.05, 0.1) is 5.69 Å². The number of ketones is 1. The van der Waals surface area contributed by atoms with Crippen molar-refractivity contribution in [2.45, 2.75) is 70.6 Å². The molecule has 35 heavy (non-hydrogen) atoms. The van der Waals surface area contributed by atoms with Crippen molar-refractivity contribution in [1.29, 1.82) is 0 Å². The number of nitrogens with zero attached hydrogens (tertiary/aromatic N) is 4. The number of hydrogen-bond donors (Lipinski definition) is 0. The first kappa shape index (κ1) is 24.2. The minimum absolute atomic E-state index is 0.109. The molecule has 0 unspecified atom stereocenters. The van der Waals surface area contributed by atoms with Crippen molar-refractivity contribution in [2.24, 2.45) is 18.9 Å². The zero-order valence-corrected chi connectivity index (χ0v) is 21.3. The number of hydrogen-bond acceptors (Lipinski definition) is 4. The Bertz CT molecular complexity index is 1020. The molecule has 1 saturated heterocycles. The zero-order chi connectivity index (χ0) is 24.2. The number of amides is 1. The van der Waals surface area contributed by atoms with E-state index in [1.54, 1.807) is 0 Å². The third-order valence-corrected chi connectivity index (χ3v) is 8.42. The molecule has 0 radical (unpaired) electrons. The van der Waals surface area contributed by atoms with Gasteiger partial charge in [-0.15, -0.1) is 0 Å². The monoisotopic (exact) mass is 476 g/mol. The molecule has 1 aromatic heterocycles. The maximum absolute atomic E-state index is 13.8. The Morgan fingerprint density at radius 3 is 2.37 bits per heavy atom. The number of likely N-dealkylation sites (tertiary alicyclic amines) is 1. The lowest BCUT2D eigenvalue weighted by Gasteiger charge is -2.35. The Morgan fingerprint density at radius 2 is 1.63 bits per heavy atom. The standard InChI is InChI=1S/C29H40N4O2/c1-31-28(25-14-8-9-15-26(25)30-31)33(29(35)24-12-6-3-7-13-24)21-20-32-18-16-23(17-19-32)27(34)22-10-4-2-5-11-22/h2,4-5,10-11,23-24H,3,6-9,12-21H2,1H3. The van der Waals surface area contributed by atoms with E-state index in [1.165, 1.54) is 30.5 Å². The quantitative estimate of drug-likeness (QED) is 0.538. The van der Waals surface area contributed by atoms with E-state index in [0.29, 0.717) is 12.5 Å². The van der Waals surface area contributed by atoms with Gasteiger partial charge in [-0.05, 0) is 64.5 Å². The normalized spacial score (nSPS) is 19.9. The van der Waals surface area contributed by atoms with E-state index in [9.17, 15) is 9.59 Å². The lowest BCUT2D eigenvalue weighted by molar-refractivity contribution is -0.123. The number of carbonyl (C=O) groups excluding carboxylic acids is 2. The first-order chi connectivity index (χ1) is 17.1. The van der Waals surface area contributed by atoms with Crippen LogP contribution in [0.2, 0.25) is 0 Å². The highest BCUT2D eigenvalue weighted by Crippen LogP contribution is 2.33. The average molecular weight is 477 g/mol. The number of anilines is 1. The van der Waals surface area contributed by atoms with Crippen LogP contribution in [-0.2, 0) is 24.7 Å². The molecular weight excluding hydrogens is 436 g/mol. The Balaban J connectivity index is 1.26. The summed E-state index contributed by atoms with van der Waals surface area (Å²) in [5.74, 6) is 1.88. The molecule has 0 bridgehead atoms. The molecule has 0 spiro atoms. The number of benzene rings is 1. The summed E-state index contributed by atoms with van der Waals surface area (Å²) in [7, 11) is 2.01. The highest BCUT2D eigenvalue weighted by molar-refractivity contribution is 5.98. The minimum Gasteiger partial charge on any atom is -0.302 e. The molecule has 6 nitrogen and oxygen atoms in total. The molecule has 188 valence electrons. The summed E-state index contributed by atoms with van der Waals surface area (Å²) < 4.78 is 1.97. The molecule has 2 aromatic rings. The lowest BCUT2D eigenvalue weighted by Crippen LogP contribution is -2.45. The Hall–Kier alpha value is -2.47. The van der Waals surface area contributed by atoms with E-state index in [-0.39, 0.29) is 17.6 Å². The number of aromatic nitrogens is 2. The van der Waals surface area contributed by atoms with E-state index < -0.39 is 0 Å². The Labute approximate surface area is 209 Å². The van der Waals surface area contributed by atoms with E-state index >= 15 is 0 Å². The highest BCUT2D eigenvalue weighted by Gasteiger charge is 2.33. The second-order valence-corrected chi connectivity index (χ2v) is 10.8. The predicted octanol–water partition coefficient (Wildman–Crippen LogP) is 4.81. The van der Waals surface area contributed by atoms with Crippen LogP contribution >= 0.6 is 0 Å². The summed E-state index contributed by atoms with van der Waals surface area (Å²) >= 11 is 0. The molecule has 3 aliphatic rings. The molecule has 6 heteroatoms. The van der Waals surface area contributed by atoms with Crippen LogP contribution in [0.1, 0.15) is 79.4 Å². The van der Waals surface area contributed by atoms with Crippen molar-refractivity contribution in [3.63, 3.8) is 0 Å².